The third kappa shape index (κ3) is 4.59. The van der Waals surface area contributed by atoms with E-state index in [9.17, 15) is 4.79 Å². The Morgan fingerprint density at radius 1 is 1.18 bits per heavy atom. The Kier molecular flexibility index (Phi) is 6.05. The Labute approximate surface area is 135 Å². The van der Waals surface area contributed by atoms with Gasteiger partial charge in [-0.25, -0.2) is 0 Å². The number of ether oxygens (including phenoxy) is 1. The first kappa shape index (κ1) is 17.1. The Bertz CT molecular complexity index is 466. The van der Waals surface area contributed by atoms with Crippen LogP contribution in [0, 0.1) is 17.8 Å². The smallest absolute Gasteiger partial charge is 0.306 e. The molecule has 0 aromatic heterocycles. The minimum Gasteiger partial charge on any atom is -0.462 e. The number of carbonyl (C=O) groups excluding carboxylic acids is 1. The Morgan fingerprint density at radius 3 is 2.50 bits per heavy atom. The zero-order valence-corrected chi connectivity index (χ0v) is 14.4. The molecule has 1 aromatic carbocycles. The van der Waals surface area contributed by atoms with Crippen molar-refractivity contribution in [2.45, 2.75) is 65.4 Å². The molecule has 1 aliphatic carbocycles. The van der Waals surface area contributed by atoms with E-state index in [1.807, 2.05) is 18.2 Å². The van der Waals surface area contributed by atoms with E-state index in [4.69, 9.17) is 4.74 Å². The molecule has 4 atom stereocenters. The molecule has 1 aromatic rings. The first-order valence-corrected chi connectivity index (χ1v) is 8.71. The van der Waals surface area contributed by atoms with Crippen LogP contribution >= 0.6 is 0 Å². The summed E-state index contributed by atoms with van der Waals surface area (Å²) < 4.78 is 5.89. The van der Waals surface area contributed by atoms with Crippen LogP contribution in [0.1, 0.15) is 64.9 Å². The van der Waals surface area contributed by atoms with Crippen molar-refractivity contribution >= 4 is 5.97 Å². The minimum atomic E-state index is -0.0406. The fourth-order valence-electron chi connectivity index (χ4n) is 3.62. The number of esters is 1. The molecule has 2 heteroatoms. The maximum Gasteiger partial charge on any atom is 0.306 e. The van der Waals surface area contributed by atoms with Crippen LogP contribution in [0.25, 0.3) is 0 Å². The highest BCUT2D eigenvalue weighted by atomic mass is 16.5. The van der Waals surface area contributed by atoms with Gasteiger partial charge in [-0.15, -0.1) is 0 Å². The lowest BCUT2D eigenvalue weighted by atomic mass is 9.75. The van der Waals surface area contributed by atoms with Gasteiger partial charge in [-0.1, -0.05) is 64.4 Å². The third-order valence-electron chi connectivity index (χ3n) is 5.09. The second kappa shape index (κ2) is 7.80. The molecule has 2 rings (SSSR count). The Hall–Kier alpha value is -1.31. The average molecular weight is 302 g/mol. The molecule has 0 unspecified atom stereocenters. The summed E-state index contributed by atoms with van der Waals surface area (Å²) in [6.45, 7) is 8.85. The van der Waals surface area contributed by atoms with Gasteiger partial charge in [-0.3, -0.25) is 4.79 Å². The standard InChI is InChI=1S/C20H30O2/c1-14(2)18-11-10-15(3)12-19(18)22-20(21)13-16(4)17-8-6-5-7-9-17/h5-9,14-16,18-19H,10-13H2,1-4H3/t15-,16-,18+,19-/m1/s1. The molecule has 0 radical (unpaired) electrons. The summed E-state index contributed by atoms with van der Waals surface area (Å²) in [5, 5.41) is 0. The number of hydrogen-bond donors (Lipinski definition) is 0. The van der Waals surface area contributed by atoms with Crippen molar-refractivity contribution in [3.05, 3.63) is 35.9 Å². The number of rotatable bonds is 5. The number of benzene rings is 1. The van der Waals surface area contributed by atoms with E-state index in [2.05, 4.69) is 39.8 Å². The van der Waals surface area contributed by atoms with Crippen LogP contribution in [0.4, 0.5) is 0 Å². The van der Waals surface area contributed by atoms with Crippen molar-refractivity contribution in [1.29, 1.82) is 0 Å². The molecule has 0 bridgehead atoms. The van der Waals surface area contributed by atoms with Gasteiger partial charge in [0.1, 0.15) is 6.10 Å². The van der Waals surface area contributed by atoms with E-state index in [0.29, 0.717) is 24.2 Å². The fourth-order valence-corrected chi connectivity index (χ4v) is 3.62. The van der Waals surface area contributed by atoms with Crippen molar-refractivity contribution in [3.63, 3.8) is 0 Å². The van der Waals surface area contributed by atoms with Crippen molar-refractivity contribution in [2.75, 3.05) is 0 Å². The molecule has 122 valence electrons. The lowest BCUT2D eigenvalue weighted by Gasteiger charge is -2.36. The van der Waals surface area contributed by atoms with E-state index in [1.54, 1.807) is 0 Å². The van der Waals surface area contributed by atoms with Gasteiger partial charge < -0.3 is 4.74 Å². The molecule has 1 aliphatic rings. The normalized spacial score (nSPS) is 26.7. The zero-order chi connectivity index (χ0) is 16.1. The summed E-state index contributed by atoms with van der Waals surface area (Å²) in [5.74, 6) is 1.94. The van der Waals surface area contributed by atoms with Crippen molar-refractivity contribution in [1.82, 2.24) is 0 Å². The molecule has 1 saturated carbocycles. The van der Waals surface area contributed by atoms with Crippen LogP contribution in [0.5, 0.6) is 0 Å². The third-order valence-corrected chi connectivity index (χ3v) is 5.09. The quantitative estimate of drug-likeness (QED) is 0.700. The van der Waals surface area contributed by atoms with Crippen molar-refractivity contribution in [2.24, 2.45) is 17.8 Å². The predicted molar refractivity (Wildman–Crippen MR) is 90.7 cm³/mol. The van der Waals surface area contributed by atoms with Crippen LogP contribution in [0.3, 0.4) is 0 Å². The molecular formula is C20H30O2. The number of hydrogen-bond acceptors (Lipinski definition) is 2. The topological polar surface area (TPSA) is 26.3 Å². The van der Waals surface area contributed by atoms with Gasteiger partial charge in [0.15, 0.2) is 0 Å². The molecule has 0 heterocycles. The molecule has 1 fully saturated rings. The lowest BCUT2D eigenvalue weighted by Crippen LogP contribution is -2.36. The maximum absolute atomic E-state index is 12.3. The van der Waals surface area contributed by atoms with Gasteiger partial charge in [0.05, 0.1) is 6.42 Å². The molecule has 2 nitrogen and oxygen atoms in total. The van der Waals surface area contributed by atoms with E-state index < -0.39 is 0 Å². The van der Waals surface area contributed by atoms with Gasteiger partial charge in [-0.05, 0) is 42.1 Å². The van der Waals surface area contributed by atoms with E-state index in [0.717, 1.165) is 6.42 Å². The second-order valence-corrected chi connectivity index (χ2v) is 7.37. The van der Waals surface area contributed by atoms with Gasteiger partial charge in [0.2, 0.25) is 0 Å². The molecule has 0 spiro atoms. The van der Waals surface area contributed by atoms with Crippen LogP contribution in [0.2, 0.25) is 0 Å². The molecule has 22 heavy (non-hydrogen) atoms. The second-order valence-electron chi connectivity index (χ2n) is 7.37. The Balaban J connectivity index is 1.92. The molecular weight excluding hydrogens is 272 g/mol. The minimum absolute atomic E-state index is 0.0406. The van der Waals surface area contributed by atoms with Gasteiger partial charge >= 0.3 is 5.97 Å². The first-order chi connectivity index (χ1) is 10.5. The highest BCUT2D eigenvalue weighted by Gasteiger charge is 2.33. The first-order valence-electron chi connectivity index (χ1n) is 8.71. The summed E-state index contributed by atoms with van der Waals surface area (Å²) in [5.41, 5.74) is 1.21. The summed E-state index contributed by atoms with van der Waals surface area (Å²) in [6.07, 6.45) is 4.05. The monoisotopic (exact) mass is 302 g/mol. The largest absolute Gasteiger partial charge is 0.462 e. The summed E-state index contributed by atoms with van der Waals surface area (Å²) in [7, 11) is 0. The summed E-state index contributed by atoms with van der Waals surface area (Å²) >= 11 is 0. The Morgan fingerprint density at radius 2 is 1.86 bits per heavy atom. The summed E-state index contributed by atoms with van der Waals surface area (Å²) in [4.78, 5) is 12.3. The molecule has 0 N–H and O–H groups in total. The maximum atomic E-state index is 12.3. The van der Waals surface area contributed by atoms with Crippen molar-refractivity contribution < 1.29 is 9.53 Å². The van der Waals surface area contributed by atoms with Crippen LogP contribution in [-0.4, -0.2) is 12.1 Å². The van der Waals surface area contributed by atoms with Crippen LogP contribution in [0.15, 0.2) is 30.3 Å². The van der Waals surface area contributed by atoms with Crippen LogP contribution in [-0.2, 0) is 9.53 Å². The van der Waals surface area contributed by atoms with Gasteiger partial charge in [-0.2, -0.15) is 0 Å². The molecule has 0 amide bonds. The van der Waals surface area contributed by atoms with E-state index >= 15 is 0 Å². The average Bonchev–Trinajstić information content (AvgIpc) is 2.47. The highest BCUT2D eigenvalue weighted by molar-refractivity contribution is 5.70. The number of carbonyl (C=O) groups is 1. The summed E-state index contributed by atoms with van der Waals surface area (Å²) in [6, 6.07) is 10.2. The highest BCUT2D eigenvalue weighted by Crippen LogP contribution is 2.35. The van der Waals surface area contributed by atoms with E-state index in [1.165, 1.54) is 18.4 Å². The SMILES string of the molecule is CC(C)[C@@H]1CC[C@@H](C)C[C@H]1OC(=O)C[C@@H](C)c1ccccc1. The molecule has 0 aliphatic heterocycles. The predicted octanol–water partition coefficient (Wildman–Crippen LogP) is 5.18. The van der Waals surface area contributed by atoms with Crippen LogP contribution < -0.4 is 0 Å². The zero-order valence-electron chi connectivity index (χ0n) is 14.4. The lowest BCUT2D eigenvalue weighted by molar-refractivity contribution is -0.156. The fraction of sp³-hybridized carbons (Fsp3) is 0.650. The van der Waals surface area contributed by atoms with E-state index in [-0.39, 0.29) is 18.0 Å². The van der Waals surface area contributed by atoms with Gasteiger partial charge in [0.25, 0.3) is 0 Å². The van der Waals surface area contributed by atoms with Crippen molar-refractivity contribution in [3.8, 4) is 0 Å². The molecule has 0 saturated heterocycles. The van der Waals surface area contributed by atoms with Gasteiger partial charge in [0, 0.05) is 0 Å².